The molecule has 0 saturated carbocycles. The largest absolute Gasteiger partial charge is 0.492 e. The molecule has 0 aromatic heterocycles. The van der Waals surface area contributed by atoms with Gasteiger partial charge in [0.1, 0.15) is 12.4 Å². The van der Waals surface area contributed by atoms with Crippen molar-refractivity contribution in [3.8, 4) is 5.75 Å². The fraction of sp³-hybridized carbons (Fsp3) is 0.400. The number of benzene rings is 2. The van der Waals surface area contributed by atoms with Crippen molar-refractivity contribution in [3.63, 3.8) is 0 Å². The van der Waals surface area contributed by atoms with E-state index in [2.05, 4.69) is 4.72 Å². The molecule has 1 saturated heterocycles. The highest BCUT2D eigenvalue weighted by molar-refractivity contribution is 7.89. The van der Waals surface area contributed by atoms with Crippen molar-refractivity contribution in [2.45, 2.75) is 23.6 Å². The molecular formula is C20H26N2O6S2. The lowest BCUT2D eigenvalue weighted by atomic mass is 10.2. The minimum atomic E-state index is -3.63. The van der Waals surface area contributed by atoms with Crippen LogP contribution in [-0.4, -0.2) is 60.6 Å². The van der Waals surface area contributed by atoms with Crippen molar-refractivity contribution in [2.75, 3.05) is 39.5 Å². The number of sulfonamides is 2. The summed E-state index contributed by atoms with van der Waals surface area (Å²) in [5, 5.41) is 0. The van der Waals surface area contributed by atoms with Gasteiger partial charge in [-0.25, -0.2) is 21.6 Å². The highest BCUT2D eigenvalue weighted by Gasteiger charge is 2.26. The summed E-state index contributed by atoms with van der Waals surface area (Å²) in [4.78, 5) is 0.438. The zero-order valence-electron chi connectivity index (χ0n) is 17.0. The molecule has 1 N–H and O–H groups in total. The zero-order valence-corrected chi connectivity index (χ0v) is 18.6. The summed E-state index contributed by atoms with van der Waals surface area (Å²) in [6, 6.07) is 11.4. The quantitative estimate of drug-likeness (QED) is 0.609. The Kier molecular flexibility index (Phi) is 7.14. The molecule has 2 aromatic rings. The van der Waals surface area contributed by atoms with Crippen molar-refractivity contribution < 1.29 is 26.3 Å². The highest BCUT2D eigenvalue weighted by atomic mass is 32.2. The van der Waals surface area contributed by atoms with Crippen LogP contribution in [0.3, 0.4) is 0 Å². The number of morpholine rings is 1. The number of nitrogens with zero attached hydrogens (tertiary/aromatic N) is 1. The van der Waals surface area contributed by atoms with Crippen molar-refractivity contribution in [3.05, 3.63) is 53.6 Å². The van der Waals surface area contributed by atoms with E-state index in [-0.39, 0.29) is 22.9 Å². The van der Waals surface area contributed by atoms with Gasteiger partial charge in [0, 0.05) is 19.6 Å². The molecule has 0 bridgehead atoms. The predicted octanol–water partition coefficient (Wildman–Crippen LogP) is 1.68. The van der Waals surface area contributed by atoms with Crippen LogP contribution < -0.4 is 9.46 Å². The molecule has 1 aliphatic heterocycles. The fourth-order valence-corrected chi connectivity index (χ4v) is 5.81. The smallest absolute Gasteiger partial charge is 0.243 e. The molecule has 0 amide bonds. The normalized spacial score (nSPS) is 15.8. The summed E-state index contributed by atoms with van der Waals surface area (Å²) in [7, 11) is -7.19. The molecule has 3 rings (SSSR count). The van der Waals surface area contributed by atoms with E-state index in [1.54, 1.807) is 31.2 Å². The molecule has 0 radical (unpaired) electrons. The summed E-state index contributed by atoms with van der Waals surface area (Å²) in [6.45, 7) is 5.23. The van der Waals surface area contributed by atoms with E-state index in [9.17, 15) is 16.8 Å². The lowest BCUT2D eigenvalue weighted by molar-refractivity contribution is 0.0730. The van der Waals surface area contributed by atoms with Crippen LogP contribution in [0.5, 0.6) is 5.75 Å². The molecular weight excluding hydrogens is 428 g/mol. The zero-order chi connectivity index (χ0) is 21.8. The van der Waals surface area contributed by atoms with Crippen LogP contribution in [-0.2, 0) is 24.8 Å². The predicted molar refractivity (Wildman–Crippen MR) is 113 cm³/mol. The van der Waals surface area contributed by atoms with E-state index in [0.29, 0.717) is 37.6 Å². The Balaban J connectivity index is 1.55. The maximum atomic E-state index is 12.6. The number of ether oxygens (including phenoxy) is 2. The van der Waals surface area contributed by atoms with Gasteiger partial charge in [0.15, 0.2) is 0 Å². The lowest BCUT2D eigenvalue weighted by Crippen LogP contribution is -2.40. The average molecular weight is 455 g/mol. The average Bonchev–Trinajstić information content (AvgIpc) is 2.74. The van der Waals surface area contributed by atoms with Crippen molar-refractivity contribution in [2.24, 2.45) is 0 Å². The maximum Gasteiger partial charge on any atom is 0.243 e. The van der Waals surface area contributed by atoms with Gasteiger partial charge in [-0.1, -0.05) is 12.1 Å². The molecule has 0 atom stereocenters. The lowest BCUT2D eigenvalue weighted by Gasteiger charge is -2.26. The third kappa shape index (κ3) is 5.38. The minimum absolute atomic E-state index is 0.0868. The van der Waals surface area contributed by atoms with Crippen LogP contribution in [0.2, 0.25) is 0 Å². The Morgan fingerprint density at radius 2 is 1.67 bits per heavy atom. The SMILES string of the molecule is Cc1ccc(C)c(S(=O)(=O)NCCOc2ccc(S(=O)(=O)N3CCOCC3)cc2)c1. The molecule has 30 heavy (non-hydrogen) atoms. The van der Waals surface area contributed by atoms with Crippen LogP contribution in [0, 0.1) is 13.8 Å². The Morgan fingerprint density at radius 3 is 2.33 bits per heavy atom. The Hall–Kier alpha value is -1.98. The molecule has 0 spiro atoms. The van der Waals surface area contributed by atoms with Crippen LogP contribution in [0.1, 0.15) is 11.1 Å². The van der Waals surface area contributed by atoms with Gasteiger partial charge in [-0.3, -0.25) is 0 Å². The second kappa shape index (κ2) is 9.44. The fourth-order valence-electron chi connectivity index (χ4n) is 3.06. The van der Waals surface area contributed by atoms with Gasteiger partial charge in [-0.05, 0) is 55.3 Å². The maximum absolute atomic E-state index is 12.6. The number of aryl methyl sites for hydroxylation is 2. The first kappa shape index (κ1) is 22.7. The standard InChI is InChI=1S/C20H26N2O6S2/c1-16-3-4-17(2)20(15-16)29(23,24)21-9-12-28-18-5-7-19(8-6-18)30(25,26)22-10-13-27-14-11-22/h3-8,15,21H,9-14H2,1-2H3. The topological polar surface area (TPSA) is 102 Å². The second-order valence-corrected chi connectivity index (χ2v) is 10.7. The molecule has 0 unspecified atom stereocenters. The van der Waals surface area contributed by atoms with Gasteiger partial charge in [-0.15, -0.1) is 0 Å². The Morgan fingerprint density at radius 1 is 1.00 bits per heavy atom. The van der Waals surface area contributed by atoms with Gasteiger partial charge in [0.25, 0.3) is 0 Å². The van der Waals surface area contributed by atoms with Gasteiger partial charge < -0.3 is 9.47 Å². The minimum Gasteiger partial charge on any atom is -0.492 e. The van der Waals surface area contributed by atoms with Crippen LogP contribution in [0.4, 0.5) is 0 Å². The summed E-state index contributed by atoms with van der Waals surface area (Å²) in [5.74, 6) is 0.460. The monoisotopic (exact) mass is 454 g/mol. The first-order valence-electron chi connectivity index (χ1n) is 9.58. The van der Waals surface area contributed by atoms with Crippen molar-refractivity contribution in [1.29, 1.82) is 0 Å². The molecule has 1 fully saturated rings. The Labute approximate surface area is 177 Å². The number of hydrogen-bond donors (Lipinski definition) is 1. The van der Waals surface area contributed by atoms with Gasteiger partial charge in [-0.2, -0.15) is 4.31 Å². The molecule has 8 nitrogen and oxygen atoms in total. The Bertz CT molecular complexity index is 1080. The number of rotatable bonds is 8. The number of hydrogen-bond acceptors (Lipinski definition) is 6. The van der Waals surface area contributed by atoms with Gasteiger partial charge in [0.05, 0.1) is 23.0 Å². The van der Waals surface area contributed by atoms with Crippen LogP contribution in [0.25, 0.3) is 0 Å². The molecule has 0 aliphatic carbocycles. The van der Waals surface area contributed by atoms with E-state index in [1.807, 2.05) is 13.0 Å². The third-order valence-corrected chi connectivity index (χ3v) is 8.24. The molecule has 2 aromatic carbocycles. The van der Waals surface area contributed by atoms with E-state index in [0.717, 1.165) is 5.56 Å². The third-order valence-electron chi connectivity index (χ3n) is 4.73. The summed E-state index contributed by atoms with van der Waals surface area (Å²) >= 11 is 0. The second-order valence-electron chi connectivity index (χ2n) is 7.00. The number of nitrogens with one attached hydrogen (secondary N) is 1. The van der Waals surface area contributed by atoms with Crippen molar-refractivity contribution in [1.82, 2.24) is 9.03 Å². The molecule has 1 heterocycles. The van der Waals surface area contributed by atoms with Crippen LogP contribution in [0.15, 0.2) is 52.3 Å². The summed E-state index contributed by atoms with van der Waals surface area (Å²) in [5.41, 5.74) is 1.54. The van der Waals surface area contributed by atoms with E-state index in [4.69, 9.17) is 9.47 Å². The first-order valence-corrected chi connectivity index (χ1v) is 12.5. The molecule has 164 valence electrons. The molecule has 10 heteroatoms. The van der Waals surface area contributed by atoms with Crippen molar-refractivity contribution >= 4 is 20.0 Å². The van der Waals surface area contributed by atoms with Gasteiger partial charge in [0.2, 0.25) is 20.0 Å². The van der Waals surface area contributed by atoms with E-state index < -0.39 is 20.0 Å². The first-order chi connectivity index (χ1) is 14.2. The van der Waals surface area contributed by atoms with E-state index in [1.165, 1.54) is 16.4 Å². The highest BCUT2D eigenvalue weighted by Crippen LogP contribution is 2.20. The van der Waals surface area contributed by atoms with E-state index >= 15 is 0 Å². The van der Waals surface area contributed by atoms with Gasteiger partial charge >= 0.3 is 0 Å². The summed E-state index contributed by atoms with van der Waals surface area (Å²) < 4.78 is 64.8. The molecule has 1 aliphatic rings. The van der Waals surface area contributed by atoms with Crippen LogP contribution >= 0.6 is 0 Å². The summed E-state index contributed by atoms with van der Waals surface area (Å²) in [6.07, 6.45) is 0.